The molecule has 0 heterocycles. The average molecular weight is 306 g/mol. The lowest BCUT2D eigenvalue weighted by atomic mass is 10.0. The molecule has 1 aromatic carbocycles. The maximum absolute atomic E-state index is 12.0. The standard InChI is InChI=1S/C17H26N2O3/c1-4-5-15(21)11-18-17(22)10-16(19-13(3)20)14-8-6-12(2)7-9-14/h6-9,15-16,21H,4-5,10-11H2,1-3H3,(H,18,22)(H,19,20). The maximum Gasteiger partial charge on any atom is 0.222 e. The Kier molecular flexibility index (Phi) is 7.60. The van der Waals surface area contributed by atoms with Crippen LogP contribution in [0.1, 0.15) is 50.3 Å². The summed E-state index contributed by atoms with van der Waals surface area (Å²) in [5.41, 5.74) is 2.02. The summed E-state index contributed by atoms with van der Waals surface area (Å²) in [7, 11) is 0. The molecule has 1 rings (SSSR count). The van der Waals surface area contributed by atoms with Gasteiger partial charge >= 0.3 is 0 Å². The highest BCUT2D eigenvalue weighted by molar-refractivity contribution is 5.79. The van der Waals surface area contributed by atoms with Crippen LogP contribution >= 0.6 is 0 Å². The van der Waals surface area contributed by atoms with E-state index in [9.17, 15) is 14.7 Å². The second-order valence-corrected chi connectivity index (χ2v) is 5.61. The first-order chi connectivity index (χ1) is 10.4. The molecule has 0 aliphatic carbocycles. The fourth-order valence-corrected chi connectivity index (χ4v) is 2.22. The number of nitrogens with one attached hydrogen (secondary N) is 2. The molecular weight excluding hydrogens is 280 g/mol. The molecule has 22 heavy (non-hydrogen) atoms. The van der Waals surface area contributed by atoms with Gasteiger partial charge in [0.05, 0.1) is 18.6 Å². The smallest absolute Gasteiger partial charge is 0.222 e. The van der Waals surface area contributed by atoms with Crippen molar-refractivity contribution >= 4 is 11.8 Å². The van der Waals surface area contributed by atoms with Crippen LogP contribution in [0.5, 0.6) is 0 Å². The first-order valence-electron chi connectivity index (χ1n) is 7.70. The van der Waals surface area contributed by atoms with E-state index in [1.165, 1.54) is 6.92 Å². The number of rotatable bonds is 8. The van der Waals surface area contributed by atoms with E-state index in [1.54, 1.807) is 0 Å². The number of aliphatic hydroxyl groups is 1. The highest BCUT2D eigenvalue weighted by Gasteiger charge is 2.17. The highest BCUT2D eigenvalue weighted by atomic mass is 16.3. The summed E-state index contributed by atoms with van der Waals surface area (Å²) < 4.78 is 0. The first-order valence-corrected chi connectivity index (χ1v) is 7.70. The molecule has 1 aromatic rings. The molecule has 0 radical (unpaired) electrons. The Hall–Kier alpha value is -1.88. The number of amides is 2. The minimum atomic E-state index is -0.521. The van der Waals surface area contributed by atoms with Crippen LogP contribution < -0.4 is 10.6 Å². The van der Waals surface area contributed by atoms with Crippen LogP contribution in [0, 0.1) is 6.92 Å². The Balaban J connectivity index is 2.63. The van der Waals surface area contributed by atoms with Crippen molar-refractivity contribution in [3.63, 3.8) is 0 Å². The number of aryl methyl sites for hydroxylation is 1. The van der Waals surface area contributed by atoms with E-state index >= 15 is 0 Å². The number of hydrogen-bond donors (Lipinski definition) is 3. The van der Waals surface area contributed by atoms with E-state index in [1.807, 2.05) is 38.1 Å². The van der Waals surface area contributed by atoms with Gasteiger partial charge < -0.3 is 15.7 Å². The first kappa shape index (κ1) is 18.2. The van der Waals surface area contributed by atoms with Gasteiger partial charge in [0.1, 0.15) is 0 Å². The topological polar surface area (TPSA) is 78.4 Å². The molecule has 0 aliphatic heterocycles. The number of hydrogen-bond acceptors (Lipinski definition) is 3. The number of carbonyl (C=O) groups excluding carboxylic acids is 2. The molecule has 0 saturated carbocycles. The Labute approximate surface area is 132 Å². The molecule has 3 N–H and O–H groups in total. The fraction of sp³-hybridized carbons (Fsp3) is 0.529. The molecule has 0 aliphatic rings. The molecule has 0 saturated heterocycles. The second kappa shape index (κ2) is 9.20. The summed E-state index contributed by atoms with van der Waals surface area (Å²) in [5, 5.41) is 15.1. The zero-order valence-electron chi connectivity index (χ0n) is 13.6. The molecule has 0 spiro atoms. The fourth-order valence-electron chi connectivity index (χ4n) is 2.22. The van der Waals surface area contributed by atoms with Gasteiger partial charge in [-0.05, 0) is 18.9 Å². The summed E-state index contributed by atoms with van der Waals surface area (Å²) in [6.07, 6.45) is 1.16. The lowest BCUT2D eigenvalue weighted by Crippen LogP contribution is -2.36. The van der Waals surface area contributed by atoms with Gasteiger partial charge in [-0.1, -0.05) is 43.2 Å². The summed E-state index contributed by atoms with van der Waals surface area (Å²) >= 11 is 0. The summed E-state index contributed by atoms with van der Waals surface area (Å²) in [5.74, 6) is -0.362. The lowest BCUT2D eigenvalue weighted by molar-refractivity contribution is -0.123. The second-order valence-electron chi connectivity index (χ2n) is 5.61. The summed E-state index contributed by atoms with van der Waals surface area (Å²) in [6.45, 7) is 5.64. The van der Waals surface area contributed by atoms with Crippen LogP contribution in [0.2, 0.25) is 0 Å². The Morgan fingerprint density at radius 1 is 1.23 bits per heavy atom. The number of aliphatic hydroxyl groups excluding tert-OH is 1. The number of benzene rings is 1. The normalized spacial score (nSPS) is 13.3. The van der Waals surface area contributed by atoms with Gasteiger partial charge in [-0.15, -0.1) is 0 Å². The van der Waals surface area contributed by atoms with E-state index < -0.39 is 6.10 Å². The Bertz CT molecular complexity index is 485. The van der Waals surface area contributed by atoms with Crippen LogP contribution in [0.25, 0.3) is 0 Å². The SMILES string of the molecule is CCCC(O)CNC(=O)CC(NC(C)=O)c1ccc(C)cc1. The Morgan fingerprint density at radius 3 is 2.41 bits per heavy atom. The van der Waals surface area contributed by atoms with Crippen LogP contribution in [-0.4, -0.2) is 29.6 Å². The van der Waals surface area contributed by atoms with Crippen molar-refractivity contribution in [3.05, 3.63) is 35.4 Å². The van der Waals surface area contributed by atoms with E-state index in [0.29, 0.717) is 6.42 Å². The van der Waals surface area contributed by atoms with Crippen molar-refractivity contribution in [3.8, 4) is 0 Å². The van der Waals surface area contributed by atoms with Crippen molar-refractivity contribution in [2.24, 2.45) is 0 Å². The van der Waals surface area contributed by atoms with E-state index in [-0.39, 0.29) is 30.8 Å². The third-order valence-corrected chi connectivity index (χ3v) is 3.40. The third kappa shape index (κ3) is 6.72. The molecule has 0 bridgehead atoms. The summed E-state index contributed by atoms with van der Waals surface area (Å²) in [6, 6.07) is 7.37. The predicted octanol–water partition coefficient (Wildman–Crippen LogP) is 1.84. The maximum atomic E-state index is 12.0. The summed E-state index contributed by atoms with van der Waals surface area (Å²) in [4.78, 5) is 23.4. The van der Waals surface area contributed by atoms with Crippen LogP contribution in [-0.2, 0) is 9.59 Å². The zero-order chi connectivity index (χ0) is 16.5. The van der Waals surface area contributed by atoms with Crippen molar-refractivity contribution in [2.45, 2.75) is 52.2 Å². The van der Waals surface area contributed by atoms with Crippen molar-refractivity contribution < 1.29 is 14.7 Å². The molecule has 5 nitrogen and oxygen atoms in total. The van der Waals surface area contributed by atoms with E-state index in [2.05, 4.69) is 10.6 Å². The van der Waals surface area contributed by atoms with Gasteiger partial charge in [-0.2, -0.15) is 0 Å². The molecule has 5 heteroatoms. The van der Waals surface area contributed by atoms with Crippen LogP contribution in [0.3, 0.4) is 0 Å². The van der Waals surface area contributed by atoms with E-state index in [0.717, 1.165) is 17.5 Å². The minimum Gasteiger partial charge on any atom is -0.391 e. The highest BCUT2D eigenvalue weighted by Crippen LogP contribution is 2.17. The molecule has 122 valence electrons. The quantitative estimate of drug-likeness (QED) is 0.686. The predicted molar refractivity (Wildman–Crippen MR) is 86.3 cm³/mol. The van der Waals surface area contributed by atoms with Gasteiger partial charge in [0.2, 0.25) is 11.8 Å². The Morgan fingerprint density at radius 2 is 1.86 bits per heavy atom. The van der Waals surface area contributed by atoms with E-state index in [4.69, 9.17) is 0 Å². The van der Waals surface area contributed by atoms with Crippen molar-refractivity contribution in [1.29, 1.82) is 0 Å². The zero-order valence-corrected chi connectivity index (χ0v) is 13.6. The largest absolute Gasteiger partial charge is 0.391 e. The van der Waals surface area contributed by atoms with Crippen molar-refractivity contribution in [2.75, 3.05) is 6.54 Å². The van der Waals surface area contributed by atoms with Gasteiger partial charge in [0, 0.05) is 13.5 Å². The van der Waals surface area contributed by atoms with Gasteiger partial charge in [0.15, 0.2) is 0 Å². The average Bonchev–Trinajstić information content (AvgIpc) is 2.45. The van der Waals surface area contributed by atoms with Gasteiger partial charge in [-0.3, -0.25) is 9.59 Å². The van der Waals surface area contributed by atoms with Crippen LogP contribution in [0.4, 0.5) is 0 Å². The van der Waals surface area contributed by atoms with Gasteiger partial charge in [0.25, 0.3) is 0 Å². The van der Waals surface area contributed by atoms with Crippen LogP contribution in [0.15, 0.2) is 24.3 Å². The third-order valence-electron chi connectivity index (χ3n) is 3.40. The molecule has 0 aromatic heterocycles. The molecule has 0 fully saturated rings. The lowest BCUT2D eigenvalue weighted by Gasteiger charge is -2.19. The molecular formula is C17H26N2O3. The molecule has 2 unspecified atom stereocenters. The molecule has 2 atom stereocenters. The van der Waals surface area contributed by atoms with Crippen molar-refractivity contribution in [1.82, 2.24) is 10.6 Å². The molecule has 2 amide bonds. The monoisotopic (exact) mass is 306 g/mol. The minimum absolute atomic E-state index is 0.154. The van der Waals surface area contributed by atoms with Gasteiger partial charge in [-0.25, -0.2) is 0 Å². The number of carbonyl (C=O) groups is 2.